The Morgan fingerprint density at radius 2 is 1.69 bits per heavy atom. The fourth-order valence-corrected chi connectivity index (χ4v) is 3.39. The zero-order chi connectivity index (χ0) is 18.9. The summed E-state index contributed by atoms with van der Waals surface area (Å²) in [5.74, 6) is 1.12. The number of carbonyl (C=O) groups excluding carboxylic acids is 2. The number of rotatable bonds is 8. The quantitative estimate of drug-likeness (QED) is 0.647. The Hall–Kier alpha value is -1.75. The number of piperazine rings is 1. The van der Waals surface area contributed by atoms with E-state index in [-0.39, 0.29) is 17.7 Å². The van der Waals surface area contributed by atoms with Gasteiger partial charge in [0, 0.05) is 38.5 Å². The summed E-state index contributed by atoms with van der Waals surface area (Å²) in [6, 6.07) is 7.33. The van der Waals surface area contributed by atoms with Crippen molar-refractivity contribution in [3.05, 3.63) is 29.3 Å². The molecule has 1 aromatic rings. The minimum atomic E-state index is 0.110. The predicted octanol–water partition coefficient (Wildman–Crippen LogP) is 3.61. The van der Waals surface area contributed by atoms with E-state index in [0.29, 0.717) is 56.4 Å². The van der Waals surface area contributed by atoms with Gasteiger partial charge >= 0.3 is 0 Å². The van der Waals surface area contributed by atoms with Crippen LogP contribution in [-0.4, -0.2) is 54.4 Å². The number of halogens is 1. The molecule has 1 heterocycles. The molecule has 0 atom stereocenters. The zero-order valence-corrected chi connectivity index (χ0v) is 16.5. The average Bonchev–Trinajstić information content (AvgIpc) is 2.67. The lowest BCUT2D eigenvalue weighted by Gasteiger charge is -2.36. The van der Waals surface area contributed by atoms with Gasteiger partial charge in [-0.3, -0.25) is 9.59 Å². The highest BCUT2D eigenvalue weighted by Gasteiger charge is 2.27. The topological polar surface area (TPSA) is 49.9 Å². The van der Waals surface area contributed by atoms with Gasteiger partial charge in [0.15, 0.2) is 0 Å². The molecule has 0 aliphatic carbocycles. The second-order valence-electron chi connectivity index (χ2n) is 6.60. The maximum Gasteiger partial charge on any atom is 0.225 e. The molecule has 2 amide bonds. The fraction of sp³-hybridized carbons (Fsp3) is 0.600. The van der Waals surface area contributed by atoms with Crippen LogP contribution in [0.4, 0.5) is 0 Å². The second-order valence-corrected chi connectivity index (χ2v) is 7.01. The summed E-state index contributed by atoms with van der Waals surface area (Å²) in [6.07, 6.45) is 2.85. The first kappa shape index (κ1) is 20.6. The highest BCUT2D eigenvalue weighted by Crippen LogP contribution is 2.23. The third kappa shape index (κ3) is 5.63. The summed E-state index contributed by atoms with van der Waals surface area (Å²) in [6.45, 7) is 7.08. The van der Waals surface area contributed by atoms with Crippen molar-refractivity contribution in [3.8, 4) is 5.75 Å². The number of benzene rings is 1. The van der Waals surface area contributed by atoms with Gasteiger partial charge in [0.1, 0.15) is 5.75 Å². The average molecular weight is 381 g/mol. The minimum Gasteiger partial charge on any atom is -0.492 e. The van der Waals surface area contributed by atoms with Gasteiger partial charge < -0.3 is 14.5 Å². The molecule has 0 bridgehead atoms. The van der Waals surface area contributed by atoms with E-state index in [4.69, 9.17) is 16.3 Å². The molecule has 2 rings (SSSR count). The molecule has 0 unspecified atom stereocenters. The van der Waals surface area contributed by atoms with Crippen LogP contribution < -0.4 is 4.74 Å². The van der Waals surface area contributed by atoms with E-state index >= 15 is 0 Å². The van der Waals surface area contributed by atoms with Gasteiger partial charge in [0.25, 0.3) is 0 Å². The van der Waals surface area contributed by atoms with E-state index in [1.54, 1.807) is 6.07 Å². The van der Waals surface area contributed by atoms with Gasteiger partial charge in [0.05, 0.1) is 11.6 Å². The summed E-state index contributed by atoms with van der Waals surface area (Å²) in [5.41, 5.74) is 0. The van der Waals surface area contributed by atoms with Gasteiger partial charge in [-0.25, -0.2) is 0 Å². The van der Waals surface area contributed by atoms with Crippen LogP contribution in [0.1, 0.15) is 39.5 Å². The Kier molecular flexibility index (Phi) is 8.23. The molecule has 1 saturated heterocycles. The first-order valence-corrected chi connectivity index (χ1v) is 9.88. The molecule has 1 aliphatic rings. The standard InChI is InChI=1S/C20H29ClN2O3/c1-3-16(4-2)20(25)23-13-11-22(12-14-23)19(24)10-7-15-26-18-9-6-5-8-17(18)21/h5-6,8-9,16H,3-4,7,10-15H2,1-2H3. The predicted molar refractivity (Wildman–Crippen MR) is 103 cm³/mol. The number of ether oxygens (including phenoxy) is 1. The smallest absolute Gasteiger partial charge is 0.225 e. The van der Waals surface area contributed by atoms with Crippen molar-refractivity contribution in [2.24, 2.45) is 5.92 Å². The molecule has 5 nitrogen and oxygen atoms in total. The van der Waals surface area contributed by atoms with Gasteiger partial charge in [-0.05, 0) is 31.4 Å². The van der Waals surface area contributed by atoms with Crippen LogP contribution in [0.3, 0.4) is 0 Å². The number of amides is 2. The zero-order valence-electron chi connectivity index (χ0n) is 15.7. The lowest BCUT2D eigenvalue weighted by atomic mass is 10.0. The molecule has 144 valence electrons. The van der Waals surface area contributed by atoms with Gasteiger partial charge in [-0.2, -0.15) is 0 Å². The Labute approximate surface area is 161 Å². The Balaban J connectivity index is 1.68. The largest absolute Gasteiger partial charge is 0.492 e. The van der Waals surface area contributed by atoms with Crippen LogP contribution in [-0.2, 0) is 9.59 Å². The van der Waals surface area contributed by atoms with Gasteiger partial charge in [0.2, 0.25) is 11.8 Å². The summed E-state index contributed by atoms with van der Waals surface area (Å²) in [7, 11) is 0. The maximum absolute atomic E-state index is 12.4. The van der Waals surface area contributed by atoms with Crippen molar-refractivity contribution in [2.75, 3.05) is 32.8 Å². The van der Waals surface area contributed by atoms with Crippen LogP contribution in [0, 0.1) is 5.92 Å². The van der Waals surface area contributed by atoms with E-state index in [1.165, 1.54) is 0 Å². The van der Waals surface area contributed by atoms with E-state index in [2.05, 4.69) is 13.8 Å². The van der Waals surface area contributed by atoms with E-state index < -0.39 is 0 Å². The fourth-order valence-electron chi connectivity index (χ4n) is 3.20. The van der Waals surface area contributed by atoms with Crippen molar-refractivity contribution in [2.45, 2.75) is 39.5 Å². The lowest BCUT2D eigenvalue weighted by molar-refractivity contribution is -0.142. The third-order valence-electron chi connectivity index (χ3n) is 4.91. The monoisotopic (exact) mass is 380 g/mol. The molecule has 0 N–H and O–H groups in total. The first-order valence-electron chi connectivity index (χ1n) is 9.50. The molecular weight excluding hydrogens is 352 g/mol. The maximum atomic E-state index is 12.4. The van der Waals surface area contributed by atoms with E-state index in [0.717, 1.165) is 12.8 Å². The van der Waals surface area contributed by atoms with Crippen LogP contribution in [0.2, 0.25) is 5.02 Å². The van der Waals surface area contributed by atoms with Gasteiger partial charge in [-0.15, -0.1) is 0 Å². The van der Waals surface area contributed by atoms with Crippen LogP contribution in [0.15, 0.2) is 24.3 Å². The Morgan fingerprint density at radius 1 is 1.08 bits per heavy atom. The van der Waals surface area contributed by atoms with Crippen LogP contribution in [0.5, 0.6) is 5.75 Å². The summed E-state index contributed by atoms with van der Waals surface area (Å²) >= 11 is 6.04. The molecule has 0 radical (unpaired) electrons. The van der Waals surface area contributed by atoms with Crippen LogP contribution in [0.25, 0.3) is 0 Å². The van der Waals surface area contributed by atoms with Crippen molar-refractivity contribution < 1.29 is 14.3 Å². The molecule has 1 aliphatic heterocycles. The molecule has 0 saturated carbocycles. The summed E-state index contributed by atoms with van der Waals surface area (Å²) in [5, 5.41) is 0.581. The van der Waals surface area contributed by atoms with Crippen molar-refractivity contribution in [1.82, 2.24) is 9.80 Å². The summed E-state index contributed by atoms with van der Waals surface area (Å²) < 4.78 is 5.62. The Bertz CT molecular complexity index is 596. The third-order valence-corrected chi connectivity index (χ3v) is 5.22. The second kappa shape index (κ2) is 10.4. The van der Waals surface area contributed by atoms with E-state index in [9.17, 15) is 9.59 Å². The molecule has 0 aromatic heterocycles. The molecule has 1 fully saturated rings. The summed E-state index contributed by atoms with van der Waals surface area (Å²) in [4.78, 5) is 28.5. The van der Waals surface area contributed by atoms with Gasteiger partial charge in [-0.1, -0.05) is 37.6 Å². The first-order chi connectivity index (χ1) is 12.6. The molecule has 6 heteroatoms. The number of nitrogens with zero attached hydrogens (tertiary/aromatic N) is 2. The van der Waals surface area contributed by atoms with E-state index in [1.807, 2.05) is 28.0 Å². The Morgan fingerprint density at radius 3 is 2.31 bits per heavy atom. The van der Waals surface area contributed by atoms with Crippen molar-refractivity contribution in [3.63, 3.8) is 0 Å². The number of hydrogen-bond donors (Lipinski definition) is 0. The minimum absolute atomic E-state index is 0.110. The molecule has 26 heavy (non-hydrogen) atoms. The molecule has 1 aromatic carbocycles. The van der Waals surface area contributed by atoms with Crippen LogP contribution >= 0.6 is 11.6 Å². The highest BCUT2D eigenvalue weighted by molar-refractivity contribution is 6.32. The SMILES string of the molecule is CCC(CC)C(=O)N1CCN(C(=O)CCCOc2ccccc2Cl)CC1. The van der Waals surface area contributed by atoms with Crippen molar-refractivity contribution in [1.29, 1.82) is 0 Å². The molecule has 0 spiro atoms. The van der Waals surface area contributed by atoms with Crippen molar-refractivity contribution >= 4 is 23.4 Å². The lowest BCUT2D eigenvalue weighted by Crippen LogP contribution is -2.51. The molecular formula is C20H29ClN2O3. The number of carbonyl (C=O) groups is 2. The number of para-hydroxylation sites is 1. The normalized spacial score (nSPS) is 14.6. The highest BCUT2D eigenvalue weighted by atomic mass is 35.5. The number of hydrogen-bond acceptors (Lipinski definition) is 3.